The quantitative estimate of drug-likeness (QED) is 0.0406. The van der Waals surface area contributed by atoms with E-state index in [1.54, 1.807) is 11.3 Å². The first-order chi connectivity index (χ1) is 50.2. The van der Waals surface area contributed by atoms with Crippen LogP contribution in [0.15, 0.2) is 76.8 Å². The number of carbonyl (C=O) groups excluding carboxylic acids is 1. The molecule has 0 aliphatic carbocycles. The van der Waals surface area contributed by atoms with Crippen molar-refractivity contribution in [3.63, 3.8) is 0 Å². The summed E-state index contributed by atoms with van der Waals surface area (Å²) >= 11 is 5.65. The summed E-state index contributed by atoms with van der Waals surface area (Å²) in [6, 6.07) is 17.2. The molecule has 108 heavy (non-hydrogen) atoms. The monoisotopic (exact) mass is 1580 g/mol. The summed E-state index contributed by atoms with van der Waals surface area (Å²) < 4.78 is 38.4. The molecule has 0 bridgehead atoms. The van der Waals surface area contributed by atoms with E-state index in [1.165, 1.54) is 73.8 Å². The van der Waals surface area contributed by atoms with Gasteiger partial charge in [0.15, 0.2) is 0 Å². The zero-order valence-corrected chi connectivity index (χ0v) is 81.5. The first-order valence-electron chi connectivity index (χ1n) is 43.3. The predicted octanol–water partition coefficient (Wildman–Crippen LogP) is 30.3. The minimum absolute atomic E-state index is 0.146. The number of allylic oxidation sites excluding steroid dienone is 2. The number of esters is 1. The van der Waals surface area contributed by atoms with Gasteiger partial charge in [-0.05, 0) is 248 Å². The molecule has 11 heteroatoms. The Hall–Kier alpha value is -2.06. The fourth-order valence-corrected chi connectivity index (χ4v) is 13.2. The van der Waals surface area contributed by atoms with E-state index in [2.05, 4.69) is 336 Å². The molecule has 0 saturated carbocycles. The molecule has 5 atom stereocenters. The molecule has 0 N–H and O–H groups in total. The Morgan fingerprint density at radius 1 is 0.426 bits per heavy atom. The molecule has 0 spiro atoms. The highest BCUT2D eigenvalue weighted by molar-refractivity contribution is 7.99. The van der Waals surface area contributed by atoms with Gasteiger partial charge >= 0.3 is 5.97 Å². The number of benzene rings is 1. The smallest absolute Gasteiger partial charge is 0.311 e. The summed E-state index contributed by atoms with van der Waals surface area (Å²) in [4.78, 5) is 12.7. The lowest BCUT2D eigenvalue weighted by molar-refractivity contribution is -0.150. The van der Waals surface area contributed by atoms with Gasteiger partial charge in [-0.3, -0.25) is 4.79 Å². The van der Waals surface area contributed by atoms with Crippen LogP contribution in [0.2, 0.25) is 0 Å². The topological polar surface area (TPSA) is 81.7 Å². The number of thiophene rings is 2. The molecule has 5 unspecified atom stereocenters. The van der Waals surface area contributed by atoms with E-state index < -0.39 is 0 Å². The van der Waals surface area contributed by atoms with Crippen LogP contribution in [0, 0.1) is 94.7 Å². The third-order valence-corrected chi connectivity index (χ3v) is 20.8. The zero-order chi connectivity index (χ0) is 84.6. The molecule has 3 rings (SSSR count). The summed E-state index contributed by atoms with van der Waals surface area (Å²) in [5.74, 6) is 12.7. The van der Waals surface area contributed by atoms with Crippen molar-refractivity contribution in [3.05, 3.63) is 92.8 Å². The average Bonchev–Trinajstić information content (AvgIpc) is 1.72. The molecule has 0 amide bonds. The van der Waals surface area contributed by atoms with Crippen molar-refractivity contribution >= 4 is 40.4 Å². The number of hydrogen-bond donors (Lipinski definition) is 0. The first kappa shape index (κ1) is 117. The fraction of sp³-hybridized carbons (Fsp3) is 0.825. The molecule has 0 aliphatic rings. The van der Waals surface area contributed by atoms with Gasteiger partial charge in [0, 0.05) is 23.3 Å². The van der Waals surface area contributed by atoms with E-state index in [0.29, 0.717) is 84.5 Å². The fourth-order valence-electron chi connectivity index (χ4n) is 10.4. The van der Waals surface area contributed by atoms with Crippen LogP contribution in [0.1, 0.15) is 343 Å². The van der Waals surface area contributed by atoms with E-state index in [-0.39, 0.29) is 23.9 Å². The molecular formula is C97H188O8S3. The third-order valence-electron chi connectivity index (χ3n) is 18.0. The van der Waals surface area contributed by atoms with Crippen molar-refractivity contribution in [2.45, 2.75) is 375 Å². The number of methoxy groups -OCH3 is 1. The third kappa shape index (κ3) is 80.5. The van der Waals surface area contributed by atoms with Crippen LogP contribution in [0.3, 0.4) is 0 Å². The molecule has 0 radical (unpaired) electrons. The Morgan fingerprint density at radius 3 is 1.20 bits per heavy atom. The summed E-state index contributed by atoms with van der Waals surface area (Å²) in [5.41, 5.74) is 2.83. The van der Waals surface area contributed by atoms with Crippen molar-refractivity contribution in [2.24, 2.45) is 94.7 Å². The van der Waals surface area contributed by atoms with Crippen LogP contribution in [0.5, 0.6) is 0 Å². The van der Waals surface area contributed by atoms with E-state index in [4.69, 9.17) is 28.4 Å². The number of hydrogen-bond acceptors (Lipinski definition) is 11. The van der Waals surface area contributed by atoms with Crippen molar-refractivity contribution in [1.82, 2.24) is 0 Å². The van der Waals surface area contributed by atoms with Crippen LogP contribution in [-0.2, 0) is 44.4 Å². The average molecular weight is 1580 g/mol. The van der Waals surface area contributed by atoms with Crippen LogP contribution >= 0.6 is 34.4 Å². The van der Waals surface area contributed by atoms with Gasteiger partial charge in [-0.15, -0.1) is 11.3 Å². The van der Waals surface area contributed by atoms with Gasteiger partial charge in [0.05, 0.1) is 82.7 Å². The maximum atomic E-state index is 11.3. The lowest BCUT2D eigenvalue weighted by Crippen LogP contribution is -2.27. The van der Waals surface area contributed by atoms with Crippen LogP contribution in [0.4, 0.5) is 0 Å². The van der Waals surface area contributed by atoms with Crippen LogP contribution in [0.25, 0.3) is 0 Å². The summed E-state index contributed by atoms with van der Waals surface area (Å²) in [5, 5.41) is 7.32. The van der Waals surface area contributed by atoms with Crippen LogP contribution < -0.4 is 0 Å². The number of ether oxygens (including phenoxy) is 7. The van der Waals surface area contributed by atoms with Crippen molar-refractivity contribution < 1.29 is 38.0 Å². The van der Waals surface area contributed by atoms with Crippen molar-refractivity contribution in [2.75, 3.05) is 52.5 Å². The van der Waals surface area contributed by atoms with E-state index in [9.17, 15) is 4.79 Å². The number of thioether (sulfide) groups is 1. The molecule has 0 aliphatic heterocycles. The Bertz CT molecular complexity index is 2180. The van der Waals surface area contributed by atoms with Gasteiger partial charge in [0.25, 0.3) is 0 Å². The highest BCUT2D eigenvalue weighted by Crippen LogP contribution is 2.30. The number of carbonyl (C=O) groups is 1. The van der Waals surface area contributed by atoms with Gasteiger partial charge in [0.1, 0.15) is 0 Å². The molecule has 1 aromatic carbocycles. The SMILES string of the molecule is CC(C)C=CCC(C)C.CC(C)CCCC(C)C.CC(C)CCSC(C)C.CC(C)OCC(C(C)C)C(C)C.CC(C)OCC(Cc1ccccc1)C(C)C.CC(C)OCC(c1cccs1)C(C)C.CC(C)OCC(c1ccsc1)C(C)C.CCCC(COC(C)C)C(C)C.COC(=O)C(COC(C)C)C(C)C. The Labute approximate surface area is 689 Å². The normalized spacial score (nSPS) is 13.1. The molecule has 2 aromatic heterocycles. The van der Waals surface area contributed by atoms with Crippen LogP contribution in [-0.4, -0.2) is 100 Å². The van der Waals surface area contributed by atoms with Crippen molar-refractivity contribution in [1.29, 1.82) is 0 Å². The Kier molecular flexibility index (Phi) is 81.1. The minimum Gasteiger partial charge on any atom is -0.469 e. The van der Waals surface area contributed by atoms with E-state index >= 15 is 0 Å². The second-order valence-electron chi connectivity index (χ2n) is 36.2. The summed E-state index contributed by atoms with van der Waals surface area (Å²) in [6.45, 7) is 90.3. The number of rotatable bonds is 43. The standard InChI is InChI=1S/C15H24O.2C12H20OS.2C11H24O.C10H20O3.C9H20.C9H18.C8H18S/c1-12(2)15(11-16-13(3)4)10-14-8-6-5-7-9-14;1-9(2)12(7-13-10(3)4)11-5-6-14-8-11;1-9(2)11(8-13-10(3)4)12-6-5-7-14-12;1-8(2)11(9(3)4)7-12-10(5)6;1-6-7-11(9(2)3)8-12-10(4)5;1-7(2)9(10(11)12-5)6-13-8(3)4;2*1-8(2)6-5-7-9(3)4;1-7(2)5-6-9-8(3)4/h5-9,12-13,15H,10-11H2,1-4H3;5-6,8-10,12H,7H2,1-4H3;5-7,9-11H,8H2,1-4H3;8-11H,7H2,1-6H3;9-11H,6-8H2,1-5H3;7-9H,6H2,1-5H3;8-9H,5-7H2,1-4H3;5-6,8-9H,7H2,1-4H3;7-8H,5-6H2,1-4H3. The molecule has 2 heterocycles. The Balaban J connectivity index is -0.000000273. The van der Waals surface area contributed by atoms with E-state index in [1.807, 2.05) is 39.0 Å². The molecule has 0 fully saturated rings. The first-order valence-corrected chi connectivity index (χ1v) is 46.2. The lowest BCUT2D eigenvalue weighted by atomic mass is 9.86. The molecule has 0 saturated heterocycles. The molecular weight excluding hydrogens is 1390 g/mol. The van der Waals surface area contributed by atoms with Crippen molar-refractivity contribution in [3.8, 4) is 0 Å². The Morgan fingerprint density at radius 2 is 0.861 bits per heavy atom. The molecule has 8 nitrogen and oxygen atoms in total. The molecule has 642 valence electrons. The maximum absolute atomic E-state index is 11.3. The summed E-state index contributed by atoms with van der Waals surface area (Å²) in [7, 11) is 1.41. The van der Waals surface area contributed by atoms with Gasteiger partial charge < -0.3 is 33.2 Å². The van der Waals surface area contributed by atoms with Gasteiger partial charge in [-0.25, -0.2) is 0 Å². The predicted molar refractivity (Wildman–Crippen MR) is 490 cm³/mol. The zero-order valence-electron chi connectivity index (χ0n) is 79.0. The molecule has 3 aromatic rings. The summed E-state index contributed by atoms with van der Waals surface area (Å²) in [6.07, 6.45) is 16.9. The second-order valence-corrected chi connectivity index (χ2v) is 39.6. The maximum Gasteiger partial charge on any atom is 0.311 e. The highest BCUT2D eigenvalue weighted by atomic mass is 32.2. The van der Waals surface area contributed by atoms with E-state index in [0.717, 1.165) is 92.0 Å². The van der Waals surface area contributed by atoms with Gasteiger partial charge in [0.2, 0.25) is 0 Å². The second kappa shape index (κ2) is 75.0. The lowest BCUT2D eigenvalue weighted by Gasteiger charge is -2.25. The van der Waals surface area contributed by atoms with Gasteiger partial charge in [-0.1, -0.05) is 261 Å². The minimum atomic E-state index is -0.185. The largest absolute Gasteiger partial charge is 0.469 e. The highest BCUT2D eigenvalue weighted by Gasteiger charge is 2.24. The van der Waals surface area contributed by atoms with Gasteiger partial charge in [-0.2, -0.15) is 23.1 Å².